The lowest BCUT2D eigenvalue weighted by atomic mass is 9.97. The quantitative estimate of drug-likeness (QED) is 0.0658. The third kappa shape index (κ3) is 11.1. The summed E-state index contributed by atoms with van der Waals surface area (Å²) in [5.74, 6) is -4.21. The van der Waals surface area contributed by atoms with Crippen LogP contribution < -0.4 is 4.74 Å². The zero-order chi connectivity index (χ0) is 36.1. The number of carbonyl (C=O) groups excluding carboxylic acids is 5. The summed E-state index contributed by atoms with van der Waals surface area (Å²) in [5, 5.41) is 12.1. The van der Waals surface area contributed by atoms with E-state index in [4.69, 9.17) is 37.9 Å². The number of hydrogen-bond acceptors (Lipinski definition) is 15. The Kier molecular flexibility index (Phi) is 14.3. The largest absolute Gasteiger partial charge is 0.467 e. The van der Waals surface area contributed by atoms with Crippen molar-refractivity contribution in [3.8, 4) is 5.75 Å². The molecular formula is C32H38N2O15. The molecule has 0 radical (unpaired) electrons. The van der Waals surface area contributed by atoms with E-state index < -0.39 is 77.0 Å². The molecule has 0 N–H and O–H groups in total. The fraction of sp³-hybridized carbons (Fsp3) is 0.469. The van der Waals surface area contributed by atoms with E-state index >= 15 is 0 Å². The fourth-order valence-electron chi connectivity index (χ4n) is 4.71. The molecule has 17 nitrogen and oxygen atoms in total. The SMILES string of the molecule is CCN(COCCc1ccccc1)C(=O)OCc1ccc(O[C@@H]2OC(C(=O)OC)C(OC(C)=O)[C@H](OC(C)=O)C2OC(C)=O)c([N+](=O)[O-])c1. The summed E-state index contributed by atoms with van der Waals surface area (Å²) in [5.41, 5.74) is 0.684. The third-order valence-corrected chi connectivity index (χ3v) is 6.93. The lowest BCUT2D eigenvalue weighted by Crippen LogP contribution is -2.64. The van der Waals surface area contributed by atoms with Crippen molar-refractivity contribution in [1.82, 2.24) is 4.90 Å². The molecule has 0 saturated carbocycles. The second-order valence-electron chi connectivity index (χ2n) is 10.5. The number of ether oxygens (including phenoxy) is 8. The van der Waals surface area contributed by atoms with Gasteiger partial charge in [-0.1, -0.05) is 36.4 Å². The van der Waals surface area contributed by atoms with Gasteiger partial charge in [-0.05, 0) is 30.5 Å². The van der Waals surface area contributed by atoms with Gasteiger partial charge in [0.1, 0.15) is 13.3 Å². The minimum absolute atomic E-state index is 0.0286. The van der Waals surface area contributed by atoms with Gasteiger partial charge in [0.2, 0.25) is 12.4 Å². The van der Waals surface area contributed by atoms with Crippen LogP contribution in [0.2, 0.25) is 0 Å². The van der Waals surface area contributed by atoms with Crippen molar-refractivity contribution < 1.29 is 66.8 Å². The summed E-state index contributed by atoms with van der Waals surface area (Å²) in [6.07, 6.45) is -8.63. The highest BCUT2D eigenvalue weighted by Gasteiger charge is 2.56. The molecule has 3 unspecified atom stereocenters. The number of rotatable bonds is 15. The summed E-state index contributed by atoms with van der Waals surface area (Å²) in [6, 6.07) is 13.3. The van der Waals surface area contributed by atoms with Crippen molar-refractivity contribution in [1.29, 1.82) is 0 Å². The van der Waals surface area contributed by atoms with Crippen LogP contribution in [0.3, 0.4) is 0 Å². The van der Waals surface area contributed by atoms with E-state index in [1.807, 2.05) is 30.3 Å². The second-order valence-corrected chi connectivity index (χ2v) is 10.5. The van der Waals surface area contributed by atoms with E-state index in [0.29, 0.717) is 13.0 Å². The molecule has 1 heterocycles. The van der Waals surface area contributed by atoms with Gasteiger partial charge in [-0.15, -0.1) is 0 Å². The van der Waals surface area contributed by atoms with Gasteiger partial charge < -0.3 is 37.9 Å². The van der Waals surface area contributed by atoms with Gasteiger partial charge in [-0.2, -0.15) is 0 Å². The van der Waals surface area contributed by atoms with E-state index in [1.165, 1.54) is 17.0 Å². The molecule has 17 heteroatoms. The minimum atomic E-state index is -1.81. The van der Waals surface area contributed by atoms with Crippen molar-refractivity contribution in [2.24, 2.45) is 0 Å². The average molecular weight is 691 g/mol. The molecule has 1 saturated heterocycles. The first-order chi connectivity index (χ1) is 23.3. The molecule has 1 aliphatic heterocycles. The van der Waals surface area contributed by atoms with Crippen LogP contribution in [-0.4, -0.2) is 97.5 Å². The summed E-state index contributed by atoms with van der Waals surface area (Å²) in [6.45, 7) is 5.07. The molecule has 0 aliphatic carbocycles. The number of hydrogen-bond donors (Lipinski definition) is 0. The van der Waals surface area contributed by atoms with Crippen LogP contribution in [0, 0.1) is 10.1 Å². The molecule has 5 atom stereocenters. The number of methoxy groups -OCH3 is 1. The van der Waals surface area contributed by atoms with E-state index in [-0.39, 0.29) is 25.4 Å². The monoisotopic (exact) mass is 690 g/mol. The van der Waals surface area contributed by atoms with Crippen molar-refractivity contribution in [2.45, 2.75) is 71.4 Å². The van der Waals surface area contributed by atoms with Crippen LogP contribution in [-0.2, 0) is 65.4 Å². The van der Waals surface area contributed by atoms with Gasteiger partial charge in [0.15, 0.2) is 24.1 Å². The lowest BCUT2D eigenvalue weighted by molar-refractivity contribution is -0.387. The molecule has 2 aromatic carbocycles. The second kappa shape index (κ2) is 18.3. The van der Waals surface area contributed by atoms with E-state index in [2.05, 4.69) is 0 Å². The lowest BCUT2D eigenvalue weighted by Gasteiger charge is -2.42. The van der Waals surface area contributed by atoms with E-state index in [9.17, 15) is 34.1 Å². The van der Waals surface area contributed by atoms with Crippen LogP contribution in [0.25, 0.3) is 0 Å². The van der Waals surface area contributed by atoms with Crippen LogP contribution in [0.4, 0.5) is 10.5 Å². The molecule has 1 amide bonds. The number of nitrogens with zero attached hydrogens (tertiary/aromatic N) is 2. The number of amides is 1. The van der Waals surface area contributed by atoms with Gasteiger partial charge >= 0.3 is 35.7 Å². The molecule has 2 aromatic rings. The summed E-state index contributed by atoms with van der Waals surface area (Å²) in [7, 11) is 1.01. The maximum Gasteiger partial charge on any atom is 0.411 e. The third-order valence-electron chi connectivity index (χ3n) is 6.93. The maximum atomic E-state index is 12.7. The Bertz CT molecular complexity index is 1480. The Morgan fingerprint density at radius 3 is 2.10 bits per heavy atom. The molecule has 49 heavy (non-hydrogen) atoms. The normalized spacial score (nSPS) is 19.9. The summed E-state index contributed by atoms with van der Waals surface area (Å²) in [4.78, 5) is 73.9. The first kappa shape index (κ1) is 38.2. The molecule has 0 bridgehead atoms. The van der Waals surface area contributed by atoms with Gasteiger partial charge in [0.05, 0.1) is 18.6 Å². The van der Waals surface area contributed by atoms with Crippen molar-refractivity contribution in [3.63, 3.8) is 0 Å². The predicted molar refractivity (Wildman–Crippen MR) is 165 cm³/mol. The average Bonchev–Trinajstić information content (AvgIpc) is 3.06. The Labute approximate surface area is 281 Å². The summed E-state index contributed by atoms with van der Waals surface area (Å²) < 4.78 is 42.9. The molecule has 1 fully saturated rings. The molecule has 1 aliphatic rings. The van der Waals surface area contributed by atoms with Gasteiger partial charge in [0.25, 0.3) is 0 Å². The van der Waals surface area contributed by atoms with E-state index in [0.717, 1.165) is 39.5 Å². The standard InChI is InChI=1S/C32H38N2O15/c1-6-33(18-43-15-14-22-10-8-7-9-11-22)32(39)44-17-23-12-13-25(24(16-23)34(40)41)48-31-29(47-21(4)37)27(46-20(3)36)26(45-19(2)35)28(49-31)30(38)42-5/h7-13,16,26-29,31H,6,14-15,17-18H2,1-5H3/t26?,27-,28?,29?,31+/m0/s1. The number of esters is 4. The Morgan fingerprint density at radius 2 is 1.51 bits per heavy atom. The smallest absolute Gasteiger partial charge is 0.411 e. The van der Waals surface area contributed by atoms with Crippen molar-refractivity contribution >= 4 is 35.7 Å². The number of carbonyl (C=O) groups is 5. The molecule has 266 valence electrons. The zero-order valence-electron chi connectivity index (χ0n) is 27.6. The summed E-state index contributed by atoms with van der Waals surface area (Å²) >= 11 is 0. The first-order valence-corrected chi connectivity index (χ1v) is 15.1. The van der Waals surface area contributed by atoms with Crippen LogP contribution in [0.1, 0.15) is 38.8 Å². The number of nitro benzene ring substituents is 1. The Morgan fingerprint density at radius 1 is 0.878 bits per heavy atom. The van der Waals surface area contributed by atoms with Crippen LogP contribution >= 0.6 is 0 Å². The van der Waals surface area contributed by atoms with Gasteiger partial charge in [-0.25, -0.2) is 9.59 Å². The minimum Gasteiger partial charge on any atom is -0.467 e. The highest BCUT2D eigenvalue weighted by atomic mass is 16.7. The Balaban J connectivity index is 1.78. The van der Waals surface area contributed by atoms with Crippen LogP contribution in [0.15, 0.2) is 48.5 Å². The zero-order valence-corrected chi connectivity index (χ0v) is 27.6. The number of benzene rings is 2. The highest BCUT2D eigenvalue weighted by molar-refractivity contribution is 5.77. The van der Waals surface area contributed by atoms with Crippen LogP contribution in [0.5, 0.6) is 5.75 Å². The van der Waals surface area contributed by atoms with Crippen molar-refractivity contribution in [3.05, 3.63) is 69.8 Å². The Hall–Kier alpha value is -5.29. The van der Waals surface area contributed by atoms with Crippen molar-refractivity contribution in [2.75, 3.05) is 27.0 Å². The fourth-order valence-corrected chi connectivity index (χ4v) is 4.71. The topological polar surface area (TPSA) is 206 Å². The maximum absolute atomic E-state index is 12.7. The highest BCUT2D eigenvalue weighted by Crippen LogP contribution is 2.35. The molecule has 3 rings (SSSR count). The predicted octanol–water partition coefficient (Wildman–Crippen LogP) is 2.84. The van der Waals surface area contributed by atoms with Gasteiger partial charge in [0, 0.05) is 33.4 Å². The van der Waals surface area contributed by atoms with E-state index in [1.54, 1.807) is 6.92 Å². The first-order valence-electron chi connectivity index (χ1n) is 15.1. The molecule has 0 aromatic heterocycles. The van der Waals surface area contributed by atoms with Gasteiger partial charge in [-0.3, -0.25) is 29.4 Å². The molecular weight excluding hydrogens is 652 g/mol. The molecule has 0 spiro atoms. The number of nitro groups is 1.